The van der Waals surface area contributed by atoms with Crippen molar-refractivity contribution < 1.29 is 9.53 Å². The Morgan fingerprint density at radius 3 is 2.65 bits per heavy atom. The monoisotopic (exact) mass is 337 g/mol. The fourth-order valence-corrected chi connectivity index (χ4v) is 4.19. The van der Waals surface area contributed by atoms with Gasteiger partial charge in [0, 0.05) is 12.1 Å². The molecule has 3 rings (SSSR count). The molecule has 23 heavy (non-hydrogen) atoms. The molecular weight excluding hydrogens is 314 g/mol. The predicted octanol–water partition coefficient (Wildman–Crippen LogP) is 3.03. The summed E-state index contributed by atoms with van der Waals surface area (Å²) in [6.07, 6.45) is 6.69. The van der Waals surface area contributed by atoms with E-state index < -0.39 is 0 Å². The van der Waals surface area contributed by atoms with Gasteiger partial charge in [-0.05, 0) is 51.6 Å². The summed E-state index contributed by atoms with van der Waals surface area (Å²) in [5, 5.41) is 3.63. The Hall–Kier alpha value is -1.46. The van der Waals surface area contributed by atoms with Crippen LogP contribution in [-0.4, -0.2) is 36.7 Å². The molecule has 2 aliphatic heterocycles. The highest BCUT2D eigenvalue weighted by atomic mass is 35.5. The van der Waals surface area contributed by atoms with E-state index in [0.29, 0.717) is 28.1 Å². The first-order chi connectivity index (χ1) is 11.0. The van der Waals surface area contributed by atoms with Crippen LogP contribution in [0, 0.1) is 0 Å². The number of nitrogens with two attached hydrogens (primary N) is 1. The number of nitrogens with zero attached hydrogens (tertiary/aromatic N) is 1. The second kappa shape index (κ2) is 6.21. The smallest absolute Gasteiger partial charge is 0.256 e. The Labute approximate surface area is 142 Å². The number of nitrogen functional groups attached to an aromatic ring is 1. The van der Waals surface area contributed by atoms with Gasteiger partial charge in [-0.25, -0.2) is 0 Å². The van der Waals surface area contributed by atoms with Crippen LogP contribution < -0.4 is 15.8 Å². The molecule has 126 valence electrons. The number of nitrogens with one attached hydrogen (secondary N) is 1. The van der Waals surface area contributed by atoms with Gasteiger partial charge in [0.2, 0.25) is 0 Å². The number of carbonyl (C=O) groups excluding carboxylic acids is 1. The van der Waals surface area contributed by atoms with Crippen molar-refractivity contribution in [2.45, 2.75) is 50.2 Å². The fourth-order valence-electron chi connectivity index (χ4n) is 4.03. The molecule has 0 radical (unpaired) electrons. The van der Waals surface area contributed by atoms with Gasteiger partial charge in [0.05, 0.1) is 29.0 Å². The first-order valence-electron chi connectivity index (χ1n) is 8.15. The maximum atomic E-state index is 12.9. The van der Waals surface area contributed by atoms with Crippen LogP contribution in [0.3, 0.4) is 0 Å². The van der Waals surface area contributed by atoms with Crippen molar-refractivity contribution in [2.75, 3.05) is 19.9 Å². The van der Waals surface area contributed by atoms with Crippen molar-refractivity contribution in [3.8, 4) is 5.75 Å². The molecule has 0 aromatic heterocycles. The Morgan fingerprint density at radius 2 is 2.04 bits per heavy atom. The Balaban J connectivity index is 1.88. The van der Waals surface area contributed by atoms with Gasteiger partial charge >= 0.3 is 0 Å². The van der Waals surface area contributed by atoms with Crippen LogP contribution in [0.2, 0.25) is 5.02 Å². The van der Waals surface area contributed by atoms with Crippen LogP contribution in [0.25, 0.3) is 0 Å². The molecule has 2 aliphatic rings. The zero-order valence-electron chi connectivity index (χ0n) is 13.7. The SMILES string of the molecule is COc1cc(N)c(Cl)cc1C(=O)NC12CCCC(CCC1)N2C. The molecule has 0 saturated carbocycles. The molecular formula is C17H24ClN3O2. The molecule has 0 atom stereocenters. The second-order valence-electron chi connectivity index (χ2n) is 6.61. The molecule has 3 N–H and O–H groups in total. The summed E-state index contributed by atoms with van der Waals surface area (Å²) < 4.78 is 5.31. The van der Waals surface area contributed by atoms with Gasteiger partial charge in [-0.2, -0.15) is 0 Å². The van der Waals surface area contributed by atoms with Gasteiger partial charge in [-0.1, -0.05) is 11.6 Å². The number of ether oxygens (including phenoxy) is 1. The average Bonchev–Trinajstić information content (AvgIpc) is 2.50. The molecule has 0 aliphatic carbocycles. The Kier molecular flexibility index (Phi) is 4.43. The van der Waals surface area contributed by atoms with Crippen LogP contribution >= 0.6 is 11.6 Å². The third-order valence-corrected chi connectivity index (χ3v) is 5.72. The minimum atomic E-state index is -0.253. The van der Waals surface area contributed by atoms with E-state index in [1.807, 2.05) is 0 Å². The highest BCUT2D eigenvalue weighted by Crippen LogP contribution is 2.39. The van der Waals surface area contributed by atoms with Gasteiger partial charge in [-0.15, -0.1) is 0 Å². The first-order valence-corrected chi connectivity index (χ1v) is 8.53. The van der Waals surface area contributed by atoms with E-state index in [9.17, 15) is 4.79 Å². The Morgan fingerprint density at radius 1 is 1.39 bits per heavy atom. The minimum absolute atomic E-state index is 0.154. The molecule has 2 bridgehead atoms. The number of hydrogen-bond donors (Lipinski definition) is 2. The molecule has 1 aromatic rings. The lowest BCUT2D eigenvalue weighted by Gasteiger charge is -2.53. The second-order valence-corrected chi connectivity index (χ2v) is 7.02. The van der Waals surface area contributed by atoms with Crippen molar-refractivity contribution in [1.29, 1.82) is 0 Å². The number of piperidine rings is 2. The number of methoxy groups -OCH3 is 1. The molecule has 0 unspecified atom stereocenters. The number of anilines is 1. The van der Waals surface area contributed by atoms with Crippen LogP contribution in [0.15, 0.2) is 12.1 Å². The molecule has 2 fully saturated rings. The third kappa shape index (κ3) is 2.88. The fraction of sp³-hybridized carbons (Fsp3) is 0.588. The standard InChI is InChI=1S/C17H24ClN3O2/c1-21-11-5-3-7-17(21,8-4-6-11)20-16(22)12-9-13(18)14(19)10-15(12)23-2/h9-11H,3-8,19H2,1-2H3,(H,20,22). The lowest BCUT2D eigenvalue weighted by molar-refractivity contribution is -0.0366. The number of fused-ring (bicyclic) bond motifs is 2. The van der Waals surface area contributed by atoms with E-state index in [-0.39, 0.29) is 11.6 Å². The summed E-state index contributed by atoms with van der Waals surface area (Å²) >= 11 is 6.09. The van der Waals surface area contributed by atoms with Crippen molar-refractivity contribution in [3.05, 3.63) is 22.7 Å². The summed E-state index contributed by atoms with van der Waals surface area (Å²) in [7, 11) is 3.65. The largest absolute Gasteiger partial charge is 0.496 e. The zero-order valence-corrected chi connectivity index (χ0v) is 14.4. The van der Waals surface area contributed by atoms with Crippen molar-refractivity contribution >= 4 is 23.2 Å². The normalized spacial score (nSPS) is 27.5. The third-order valence-electron chi connectivity index (χ3n) is 5.39. The van der Waals surface area contributed by atoms with Gasteiger partial charge in [-0.3, -0.25) is 9.69 Å². The van der Waals surface area contributed by atoms with Crippen LogP contribution in [0.4, 0.5) is 5.69 Å². The van der Waals surface area contributed by atoms with Crippen LogP contribution in [-0.2, 0) is 0 Å². The molecule has 2 saturated heterocycles. The minimum Gasteiger partial charge on any atom is -0.496 e. The predicted molar refractivity (Wildman–Crippen MR) is 91.9 cm³/mol. The average molecular weight is 338 g/mol. The number of rotatable bonds is 3. The molecule has 1 amide bonds. The van der Waals surface area contributed by atoms with E-state index in [2.05, 4.69) is 17.3 Å². The quantitative estimate of drug-likeness (QED) is 0.832. The molecule has 0 spiro atoms. The van der Waals surface area contributed by atoms with E-state index in [4.69, 9.17) is 22.1 Å². The molecule has 6 heteroatoms. The van der Waals surface area contributed by atoms with Gasteiger partial charge in [0.1, 0.15) is 5.75 Å². The summed E-state index contributed by atoms with van der Waals surface area (Å²) in [5.74, 6) is 0.296. The van der Waals surface area contributed by atoms with E-state index in [1.165, 1.54) is 20.0 Å². The highest BCUT2D eigenvalue weighted by Gasteiger charge is 2.45. The summed E-state index contributed by atoms with van der Waals surface area (Å²) in [4.78, 5) is 15.2. The van der Waals surface area contributed by atoms with E-state index >= 15 is 0 Å². The van der Waals surface area contributed by atoms with Gasteiger partial charge < -0.3 is 15.8 Å². The highest BCUT2D eigenvalue weighted by molar-refractivity contribution is 6.33. The number of benzene rings is 1. The van der Waals surface area contributed by atoms with E-state index in [1.54, 1.807) is 12.1 Å². The van der Waals surface area contributed by atoms with Crippen molar-refractivity contribution in [1.82, 2.24) is 10.2 Å². The van der Waals surface area contributed by atoms with Crippen molar-refractivity contribution in [3.63, 3.8) is 0 Å². The van der Waals surface area contributed by atoms with Crippen molar-refractivity contribution in [2.24, 2.45) is 0 Å². The number of carbonyl (C=O) groups is 1. The van der Waals surface area contributed by atoms with E-state index in [0.717, 1.165) is 25.7 Å². The van der Waals surface area contributed by atoms with Gasteiger partial charge in [0.25, 0.3) is 5.91 Å². The topological polar surface area (TPSA) is 67.6 Å². The lowest BCUT2D eigenvalue weighted by atomic mass is 9.80. The number of amides is 1. The van der Waals surface area contributed by atoms with Crippen LogP contribution in [0.1, 0.15) is 48.9 Å². The maximum absolute atomic E-state index is 12.9. The maximum Gasteiger partial charge on any atom is 0.256 e. The molecule has 2 heterocycles. The molecule has 1 aromatic carbocycles. The Bertz CT molecular complexity index is 610. The zero-order chi connectivity index (χ0) is 16.6. The summed E-state index contributed by atoms with van der Waals surface area (Å²) in [6, 6.07) is 3.75. The lowest BCUT2D eigenvalue weighted by Crippen LogP contribution is -2.66. The van der Waals surface area contributed by atoms with Gasteiger partial charge in [0.15, 0.2) is 0 Å². The first kappa shape index (κ1) is 16.4. The summed E-state index contributed by atoms with van der Waals surface area (Å²) in [6.45, 7) is 0. The van der Waals surface area contributed by atoms with Crippen LogP contribution in [0.5, 0.6) is 5.75 Å². The molecule has 5 nitrogen and oxygen atoms in total. The number of hydrogen-bond acceptors (Lipinski definition) is 4. The summed E-state index contributed by atoms with van der Waals surface area (Å²) in [5.41, 5.74) is 6.39. The number of halogens is 1.